The van der Waals surface area contributed by atoms with Gasteiger partial charge in [0.2, 0.25) is 0 Å². The fourth-order valence-corrected chi connectivity index (χ4v) is 3.34. The minimum absolute atomic E-state index is 0.109. The predicted molar refractivity (Wildman–Crippen MR) is 73.4 cm³/mol. The summed E-state index contributed by atoms with van der Waals surface area (Å²) in [6.45, 7) is 5.17. The maximum Gasteiger partial charge on any atom is 0.455 e. The van der Waals surface area contributed by atoms with E-state index in [4.69, 9.17) is 0 Å². The van der Waals surface area contributed by atoms with Crippen molar-refractivity contribution in [3.05, 3.63) is 17.0 Å². The summed E-state index contributed by atoms with van der Waals surface area (Å²) in [5, 5.41) is 4.23. The van der Waals surface area contributed by atoms with E-state index in [1.807, 2.05) is 0 Å². The number of Topliss-reactive ketones (excluding diaryl/α,β-unsaturated/α-hetero) is 1. The average Bonchev–Trinajstić information content (AvgIpc) is 2.72. The lowest BCUT2D eigenvalue weighted by molar-refractivity contribution is -0.0886. The van der Waals surface area contributed by atoms with E-state index in [-0.39, 0.29) is 17.3 Å². The molecule has 21 heavy (non-hydrogen) atoms. The van der Waals surface area contributed by atoms with Crippen LogP contribution in [0.2, 0.25) is 0 Å². The number of aryl methyl sites for hydroxylation is 1. The van der Waals surface area contributed by atoms with Gasteiger partial charge in [0, 0.05) is 5.69 Å². The van der Waals surface area contributed by atoms with Crippen molar-refractivity contribution in [1.29, 1.82) is 0 Å². The second kappa shape index (κ2) is 5.81. The molecule has 1 heterocycles. The van der Waals surface area contributed by atoms with Crippen molar-refractivity contribution >= 4 is 5.78 Å². The normalized spacial score (nSPS) is 23.3. The monoisotopic (exact) mass is 302 g/mol. The summed E-state index contributed by atoms with van der Waals surface area (Å²) in [6.07, 6.45) is 0.299. The van der Waals surface area contributed by atoms with Crippen molar-refractivity contribution in [3.8, 4) is 0 Å². The summed E-state index contributed by atoms with van der Waals surface area (Å²) in [4.78, 5) is 11.5. The first kappa shape index (κ1) is 16.0. The van der Waals surface area contributed by atoms with Gasteiger partial charge in [0.15, 0.2) is 0 Å². The maximum atomic E-state index is 12.7. The van der Waals surface area contributed by atoms with Gasteiger partial charge in [-0.1, -0.05) is 26.2 Å². The summed E-state index contributed by atoms with van der Waals surface area (Å²) in [7, 11) is 0. The third-order valence-electron chi connectivity index (χ3n) is 4.49. The number of nitrogens with zero attached hydrogens (tertiary/aromatic N) is 2. The van der Waals surface area contributed by atoms with Gasteiger partial charge < -0.3 is 0 Å². The highest BCUT2D eigenvalue weighted by molar-refractivity contribution is 6.02. The number of carbonyl (C=O) groups is 1. The van der Waals surface area contributed by atoms with Gasteiger partial charge in [0.1, 0.15) is 0 Å². The number of hydrogen-bond acceptors (Lipinski definition) is 2. The quantitative estimate of drug-likeness (QED) is 0.776. The predicted octanol–water partition coefficient (Wildman–Crippen LogP) is 4.39. The van der Waals surface area contributed by atoms with Crippen LogP contribution in [0.4, 0.5) is 13.2 Å². The van der Waals surface area contributed by atoms with E-state index in [0.717, 1.165) is 25.7 Å². The van der Waals surface area contributed by atoms with E-state index in [2.05, 4.69) is 12.0 Å². The Kier molecular flexibility index (Phi) is 4.44. The van der Waals surface area contributed by atoms with Crippen LogP contribution in [0.25, 0.3) is 0 Å². The van der Waals surface area contributed by atoms with Crippen LogP contribution in [0.1, 0.15) is 66.8 Å². The molecule has 1 aliphatic carbocycles. The van der Waals surface area contributed by atoms with Crippen molar-refractivity contribution in [2.75, 3.05) is 0 Å². The number of aromatic nitrogens is 2. The first-order valence-corrected chi connectivity index (χ1v) is 7.42. The summed E-state index contributed by atoms with van der Waals surface area (Å²) < 4.78 is 39.7. The molecule has 1 aliphatic rings. The lowest BCUT2D eigenvalue weighted by Gasteiger charge is -2.29. The summed E-state index contributed by atoms with van der Waals surface area (Å²) in [6, 6.07) is 0.109. The van der Waals surface area contributed by atoms with Crippen LogP contribution < -0.4 is 0 Å². The summed E-state index contributed by atoms with van der Waals surface area (Å²) in [5.74, 6) is -1.19. The Morgan fingerprint density at radius 3 is 2.57 bits per heavy atom. The number of alkyl halides is 3. The molecule has 1 aromatic rings. The van der Waals surface area contributed by atoms with Gasteiger partial charge in [-0.2, -0.15) is 18.3 Å². The standard InChI is InChI=1S/C15H21F3N2O/c1-4-11-6-5-7-12(8-11)20-10(3)13(9(2)19-20)14(21)15(16,17)18/h11-12H,4-8H2,1-3H3. The van der Waals surface area contributed by atoms with Crippen molar-refractivity contribution in [3.63, 3.8) is 0 Å². The largest absolute Gasteiger partial charge is 0.455 e. The molecule has 0 saturated heterocycles. The van der Waals surface area contributed by atoms with Gasteiger partial charge in [-0.15, -0.1) is 0 Å². The second-order valence-corrected chi connectivity index (χ2v) is 5.91. The maximum absolute atomic E-state index is 12.7. The highest BCUT2D eigenvalue weighted by atomic mass is 19.4. The van der Waals surface area contributed by atoms with Gasteiger partial charge in [-0.3, -0.25) is 9.48 Å². The van der Waals surface area contributed by atoms with Crippen molar-refractivity contribution in [1.82, 2.24) is 9.78 Å². The SMILES string of the molecule is CCC1CCCC(n2nc(C)c(C(=O)C(F)(F)F)c2C)C1. The zero-order valence-electron chi connectivity index (χ0n) is 12.6. The van der Waals surface area contributed by atoms with E-state index < -0.39 is 12.0 Å². The van der Waals surface area contributed by atoms with Crippen molar-refractivity contribution in [2.45, 2.75) is 65.1 Å². The Bertz CT molecular complexity index is 534. The van der Waals surface area contributed by atoms with Crippen LogP contribution in [-0.2, 0) is 0 Å². The number of ketones is 1. The van der Waals surface area contributed by atoms with Gasteiger partial charge in [-0.25, -0.2) is 0 Å². The Labute approximate surface area is 122 Å². The molecule has 0 aromatic carbocycles. The number of carbonyl (C=O) groups excluding carboxylic acids is 1. The zero-order chi connectivity index (χ0) is 15.8. The molecule has 0 radical (unpaired) electrons. The van der Waals surface area contributed by atoms with Crippen LogP contribution in [0.15, 0.2) is 0 Å². The van der Waals surface area contributed by atoms with Crippen LogP contribution in [0.5, 0.6) is 0 Å². The third kappa shape index (κ3) is 3.14. The summed E-state index contributed by atoms with van der Waals surface area (Å²) in [5.41, 5.74) is 0.242. The van der Waals surface area contributed by atoms with Gasteiger partial charge in [-0.05, 0) is 32.6 Å². The molecule has 0 aliphatic heterocycles. The van der Waals surface area contributed by atoms with E-state index in [9.17, 15) is 18.0 Å². The first-order chi connectivity index (χ1) is 9.75. The molecular formula is C15H21F3N2O. The lowest BCUT2D eigenvalue weighted by Crippen LogP contribution is -2.25. The van der Waals surface area contributed by atoms with Crippen LogP contribution in [0.3, 0.4) is 0 Å². The molecule has 2 unspecified atom stereocenters. The van der Waals surface area contributed by atoms with Gasteiger partial charge in [0.05, 0.1) is 17.3 Å². The molecular weight excluding hydrogens is 281 g/mol. The molecule has 0 bridgehead atoms. The van der Waals surface area contributed by atoms with Gasteiger partial charge in [0.25, 0.3) is 5.78 Å². The fraction of sp³-hybridized carbons (Fsp3) is 0.733. The Hall–Kier alpha value is -1.33. The molecule has 3 nitrogen and oxygen atoms in total. The zero-order valence-corrected chi connectivity index (χ0v) is 12.6. The third-order valence-corrected chi connectivity index (χ3v) is 4.49. The van der Waals surface area contributed by atoms with E-state index in [1.165, 1.54) is 13.3 Å². The van der Waals surface area contributed by atoms with Gasteiger partial charge >= 0.3 is 6.18 Å². The highest BCUT2D eigenvalue weighted by Gasteiger charge is 2.42. The molecule has 1 aromatic heterocycles. The second-order valence-electron chi connectivity index (χ2n) is 5.91. The highest BCUT2D eigenvalue weighted by Crippen LogP contribution is 2.36. The first-order valence-electron chi connectivity index (χ1n) is 7.42. The minimum Gasteiger partial charge on any atom is -0.284 e. The smallest absolute Gasteiger partial charge is 0.284 e. The van der Waals surface area contributed by atoms with Crippen LogP contribution in [0, 0.1) is 19.8 Å². The molecule has 6 heteroatoms. The molecule has 0 amide bonds. The molecule has 0 spiro atoms. The van der Waals surface area contributed by atoms with Crippen molar-refractivity contribution < 1.29 is 18.0 Å². The molecule has 0 N–H and O–H groups in total. The van der Waals surface area contributed by atoms with Crippen LogP contribution in [-0.4, -0.2) is 21.7 Å². The molecule has 118 valence electrons. The van der Waals surface area contributed by atoms with E-state index in [0.29, 0.717) is 11.6 Å². The fourth-order valence-electron chi connectivity index (χ4n) is 3.34. The number of halogens is 3. The van der Waals surface area contributed by atoms with Crippen LogP contribution >= 0.6 is 0 Å². The molecule has 1 fully saturated rings. The Morgan fingerprint density at radius 2 is 2.00 bits per heavy atom. The molecule has 1 saturated carbocycles. The molecule has 2 rings (SSSR count). The summed E-state index contributed by atoms with van der Waals surface area (Å²) >= 11 is 0. The molecule has 2 atom stereocenters. The van der Waals surface area contributed by atoms with E-state index in [1.54, 1.807) is 11.6 Å². The number of rotatable bonds is 3. The van der Waals surface area contributed by atoms with Crippen molar-refractivity contribution in [2.24, 2.45) is 5.92 Å². The number of hydrogen-bond donors (Lipinski definition) is 0. The average molecular weight is 302 g/mol. The van der Waals surface area contributed by atoms with E-state index >= 15 is 0 Å². The Balaban J connectivity index is 2.33. The topological polar surface area (TPSA) is 34.9 Å². The Morgan fingerprint density at radius 1 is 1.33 bits per heavy atom. The minimum atomic E-state index is -4.85. The lowest BCUT2D eigenvalue weighted by atomic mass is 9.84.